The molecule has 9 heteroatoms. The lowest BCUT2D eigenvalue weighted by Gasteiger charge is -2.39. The third-order valence-corrected chi connectivity index (χ3v) is 3.61. The number of hydrogen-bond donors (Lipinski definition) is 0. The fourth-order valence-electron chi connectivity index (χ4n) is 2.32. The smallest absolute Gasteiger partial charge is 0.312 e. The fourth-order valence-corrected chi connectivity index (χ4v) is 3.16. The van der Waals surface area contributed by atoms with Gasteiger partial charge in [-0.15, -0.1) is 9.12 Å². The van der Waals surface area contributed by atoms with Crippen molar-refractivity contribution in [3.63, 3.8) is 0 Å². The Morgan fingerprint density at radius 1 is 1.42 bits per heavy atom. The van der Waals surface area contributed by atoms with Crippen molar-refractivity contribution in [2.45, 2.75) is 51.1 Å². The molecule has 2 unspecified atom stereocenters. The molecule has 2 heterocycles. The third-order valence-electron chi connectivity index (χ3n) is 2.88. The van der Waals surface area contributed by atoms with Crippen LogP contribution in [0.3, 0.4) is 0 Å². The minimum Gasteiger partial charge on any atom is -0.424 e. The molecule has 0 spiro atoms. The molecule has 0 aromatic heterocycles. The Hall–Kier alpha value is 0.790. The second-order valence-electron chi connectivity index (χ2n) is 5.30. The summed E-state index contributed by atoms with van der Waals surface area (Å²) in [5.41, 5.74) is 0. The molecular formula is C10H20B2O5P2. The minimum atomic E-state index is -1.01. The van der Waals surface area contributed by atoms with Crippen LogP contribution in [-0.2, 0) is 23.4 Å². The van der Waals surface area contributed by atoms with Crippen molar-refractivity contribution in [3.05, 3.63) is 0 Å². The molecule has 2 aliphatic rings. The van der Waals surface area contributed by atoms with Gasteiger partial charge in [-0.3, -0.25) is 0 Å². The van der Waals surface area contributed by atoms with E-state index >= 15 is 0 Å². The third kappa shape index (κ3) is 4.14. The van der Waals surface area contributed by atoms with Gasteiger partial charge < -0.3 is 23.4 Å². The Bertz CT molecular complexity index is 318. The van der Waals surface area contributed by atoms with Gasteiger partial charge in [-0.2, -0.15) is 0 Å². The number of rotatable bonds is 4. The molecule has 0 bridgehead atoms. The molecule has 2 radical (unpaired) electrons. The Morgan fingerprint density at radius 3 is 2.68 bits per heavy atom. The first kappa shape index (κ1) is 16.2. The number of fused-ring (bicyclic) bond motifs is 1. The van der Waals surface area contributed by atoms with Crippen molar-refractivity contribution >= 4 is 31.3 Å². The zero-order chi connectivity index (χ0) is 14.2. The van der Waals surface area contributed by atoms with E-state index in [1.54, 1.807) is 0 Å². The van der Waals surface area contributed by atoms with E-state index in [2.05, 4.69) is 9.12 Å². The SMILES string of the molecule is [B]P(C)O[C@@H]1[C@H]2OC(C)(C)O[C@H]2OC[C@H]1OB(C)P. The fraction of sp³-hybridized carbons (Fsp3) is 1.00. The van der Waals surface area contributed by atoms with Crippen LogP contribution in [0.4, 0.5) is 0 Å². The average Bonchev–Trinajstić information content (AvgIpc) is 2.55. The van der Waals surface area contributed by atoms with Crippen molar-refractivity contribution in [1.29, 1.82) is 0 Å². The van der Waals surface area contributed by atoms with E-state index in [9.17, 15) is 0 Å². The summed E-state index contributed by atoms with van der Waals surface area (Å²) in [6.07, 6.45) is -1.22. The van der Waals surface area contributed by atoms with Crippen molar-refractivity contribution in [2.24, 2.45) is 0 Å². The lowest BCUT2D eigenvalue weighted by Crippen LogP contribution is -2.54. The van der Waals surface area contributed by atoms with Gasteiger partial charge in [-0.05, 0) is 28.5 Å². The van der Waals surface area contributed by atoms with Gasteiger partial charge in [-0.25, -0.2) is 0 Å². The first-order valence-electron chi connectivity index (χ1n) is 6.32. The Labute approximate surface area is 119 Å². The summed E-state index contributed by atoms with van der Waals surface area (Å²) in [6.45, 7) is 7.93. The quantitative estimate of drug-likeness (QED) is 0.580. The van der Waals surface area contributed by atoms with Crippen LogP contribution in [-0.4, -0.2) is 57.9 Å². The molecule has 5 nitrogen and oxygen atoms in total. The van der Waals surface area contributed by atoms with E-state index in [1.807, 2.05) is 27.3 Å². The number of ether oxygens (including phenoxy) is 3. The van der Waals surface area contributed by atoms with E-state index in [-0.39, 0.29) is 24.9 Å². The topological polar surface area (TPSA) is 46.2 Å². The van der Waals surface area contributed by atoms with Gasteiger partial charge in [0.15, 0.2) is 12.1 Å². The summed E-state index contributed by atoms with van der Waals surface area (Å²) < 4.78 is 28.9. The first-order valence-corrected chi connectivity index (χ1v) is 8.76. The molecule has 19 heavy (non-hydrogen) atoms. The lowest BCUT2D eigenvalue weighted by atomic mass is 10.00. The predicted molar refractivity (Wildman–Crippen MR) is 79.4 cm³/mol. The van der Waals surface area contributed by atoms with Crippen molar-refractivity contribution in [1.82, 2.24) is 0 Å². The summed E-state index contributed by atoms with van der Waals surface area (Å²) in [5.74, 6) is -0.677. The first-order chi connectivity index (χ1) is 8.78. The highest BCUT2D eigenvalue weighted by Gasteiger charge is 2.52. The van der Waals surface area contributed by atoms with Gasteiger partial charge in [0.1, 0.15) is 19.8 Å². The minimum absolute atomic E-state index is 0.00689. The van der Waals surface area contributed by atoms with Crippen LogP contribution in [0, 0.1) is 0 Å². The molecule has 0 aliphatic carbocycles. The lowest BCUT2D eigenvalue weighted by molar-refractivity contribution is -0.209. The molecule has 2 saturated heterocycles. The molecule has 2 rings (SSSR count). The molecule has 2 aliphatic heterocycles. The molecule has 0 aromatic carbocycles. The predicted octanol–water partition coefficient (Wildman–Crippen LogP) is 1.37. The van der Waals surface area contributed by atoms with Crippen molar-refractivity contribution in [2.75, 3.05) is 13.3 Å². The normalized spacial score (nSPS) is 38.8. The highest BCUT2D eigenvalue weighted by atomic mass is 31.1. The van der Waals surface area contributed by atoms with E-state index in [4.69, 9.17) is 31.0 Å². The second kappa shape index (κ2) is 6.27. The van der Waals surface area contributed by atoms with Crippen LogP contribution < -0.4 is 0 Å². The second-order valence-corrected chi connectivity index (χ2v) is 7.54. The van der Waals surface area contributed by atoms with E-state index in [0.29, 0.717) is 6.61 Å². The van der Waals surface area contributed by atoms with Crippen LogP contribution in [0.25, 0.3) is 0 Å². The van der Waals surface area contributed by atoms with Gasteiger partial charge in [-0.1, -0.05) is 6.82 Å². The van der Waals surface area contributed by atoms with E-state index < -0.39 is 20.1 Å². The van der Waals surface area contributed by atoms with Gasteiger partial charge in [0.05, 0.1) is 12.7 Å². The maximum Gasteiger partial charge on any atom is 0.312 e. The highest BCUT2D eigenvalue weighted by Crippen LogP contribution is 2.40. The maximum atomic E-state index is 5.87. The van der Waals surface area contributed by atoms with Crippen LogP contribution in [0.5, 0.6) is 0 Å². The van der Waals surface area contributed by atoms with E-state index in [1.165, 1.54) is 0 Å². The zero-order valence-corrected chi connectivity index (χ0v) is 13.8. The highest BCUT2D eigenvalue weighted by molar-refractivity contribution is 7.77. The van der Waals surface area contributed by atoms with Crippen LogP contribution in [0.15, 0.2) is 0 Å². The molecule has 0 saturated carbocycles. The zero-order valence-electron chi connectivity index (χ0n) is 11.7. The summed E-state index contributed by atoms with van der Waals surface area (Å²) in [7, 11) is 7.40. The van der Waals surface area contributed by atoms with Crippen molar-refractivity contribution < 1.29 is 23.4 Å². The van der Waals surface area contributed by atoms with E-state index in [0.717, 1.165) is 0 Å². The average molecular weight is 304 g/mol. The Morgan fingerprint density at radius 2 is 2.11 bits per heavy atom. The van der Waals surface area contributed by atoms with Gasteiger partial charge in [0, 0.05) is 0 Å². The van der Waals surface area contributed by atoms with Crippen molar-refractivity contribution in [3.8, 4) is 0 Å². The molecular weight excluding hydrogens is 284 g/mol. The monoisotopic (exact) mass is 304 g/mol. The molecule has 6 atom stereocenters. The number of hydrogen-bond acceptors (Lipinski definition) is 5. The Kier molecular flexibility index (Phi) is 5.34. The van der Waals surface area contributed by atoms with Crippen LogP contribution >= 0.6 is 17.1 Å². The standard InChI is InChI=1S/C10H20B2O5P2/c1-10(2)14-8-7(17-19(4)11)6(16-12(3)18)5-13-9(8)15-10/h6-9H,5,18H2,1-4H3/t6-,7+,8-,9-,19?/m1/s1. The molecule has 0 aromatic rings. The maximum absolute atomic E-state index is 5.87. The van der Waals surface area contributed by atoms with Gasteiger partial charge in [0.25, 0.3) is 0 Å². The summed E-state index contributed by atoms with van der Waals surface area (Å²) in [4.78, 5) is 0. The van der Waals surface area contributed by atoms with Gasteiger partial charge in [0.2, 0.25) is 0 Å². The molecule has 106 valence electrons. The summed E-state index contributed by atoms with van der Waals surface area (Å²) in [5, 5.41) is 0. The summed E-state index contributed by atoms with van der Waals surface area (Å²) >= 11 is 0. The van der Waals surface area contributed by atoms with Gasteiger partial charge >= 0.3 is 6.64 Å². The summed E-state index contributed by atoms with van der Waals surface area (Å²) in [6, 6.07) is 0. The Balaban J connectivity index is 2.11. The molecule has 0 amide bonds. The molecule has 0 N–H and O–H groups in total. The van der Waals surface area contributed by atoms with Crippen LogP contribution in [0.2, 0.25) is 6.82 Å². The largest absolute Gasteiger partial charge is 0.424 e. The van der Waals surface area contributed by atoms with Crippen LogP contribution in [0.1, 0.15) is 13.8 Å². The molecule has 2 fully saturated rings.